The third-order valence-corrected chi connectivity index (χ3v) is 13.0. The smallest absolute Gasteiger partial charge is 0.335 e. The topological polar surface area (TPSA) is 230 Å². The van der Waals surface area contributed by atoms with Crippen molar-refractivity contribution in [2.75, 3.05) is 47.4 Å². The Morgan fingerprint density at radius 3 is 1.59 bits per heavy atom. The fraction of sp³-hybridized carbons (Fsp3) is 0.333. The van der Waals surface area contributed by atoms with Crippen LogP contribution in [-0.4, -0.2) is 91.9 Å². The van der Waals surface area contributed by atoms with E-state index in [9.17, 15) is 19.2 Å². The van der Waals surface area contributed by atoms with Gasteiger partial charge in [0, 0.05) is 93.8 Å². The fourth-order valence-electron chi connectivity index (χ4n) is 7.16. The van der Waals surface area contributed by atoms with Gasteiger partial charge in [-0.15, -0.1) is 0 Å². The SMILES string of the molecule is C=CC(=O)Nc1ccc(C(=O)N2CCC[C@@H](Nc3ncc(/C=C/c4ncc(C(C)(C)C)o4)s3)C2)cc1.C=CC(=O)Nc1ccc(C(=O)O)cc1.CC(C)(C)c1cnc(/C=C/c2cnc(N[C@@H]3CCCNC3)s2)o1. The van der Waals surface area contributed by atoms with E-state index in [1.54, 1.807) is 59.3 Å². The van der Waals surface area contributed by atoms with Crippen LogP contribution in [0.3, 0.4) is 0 Å². The third kappa shape index (κ3) is 17.4. The number of benzene rings is 2. The molecule has 0 radical (unpaired) electrons. The second kappa shape index (κ2) is 25.8. The molecule has 2 fully saturated rings. The Hall–Kier alpha value is -7.48. The second-order valence-electron chi connectivity index (χ2n) is 19.2. The summed E-state index contributed by atoms with van der Waals surface area (Å²) in [6, 6.07) is 13.4. The summed E-state index contributed by atoms with van der Waals surface area (Å²) >= 11 is 3.20. The largest absolute Gasteiger partial charge is 0.478 e. The van der Waals surface area contributed by atoms with E-state index in [1.807, 2.05) is 41.6 Å². The average Bonchev–Trinajstić information content (AvgIpc) is 4.23. The summed E-state index contributed by atoms with van der Waals surface area (Å²) in [5.74, 6) is 1.32. The van der Waals surface area contributed by atoms with Crippen molar-refractivity contribution in [3.05, 3.63) is 143 Å². The molecule has 6 N–H and O–H groups in total. The molecule has 0 aliphatic carbocycles. The minimum atomic E-state index is -0.994. The van der Waals surface area contributed by atoms with Crippen molar-refractivity contribution >= 4 is 92.3 Å². The Kier molecular flexibility index (Phi) is 19.4. The molecule has 6 aromatic rings. The van der Waals surface area contributed by atoms with Crippen molar-refractivity contribution in [2.24, 2.45) is 0 Å². The van der Waals surface area contributed by atoms with E-state index < -0.39 is 5.97 Å². The summed E-state index contributed by atoms with van der Waals surface area (Å²) in [7, 11) is 0. The molecule has 0 spiro atoms. The lowest BCUT2D eigenvalue weighted by Crippen LogP contribution is -2.45. The number of rotatable bonds is 14. The van der Waals surface area contributed by atoms with Crippen LogP contribution < -0.4 is 26.6 Å². The number of oxazole rings is 2. The molecule has 0 saturated carbocycles. The lowest BCUT2D eigenvalue weighted by molar-refractivity contribution is -0.112. The van der Waals surface area contributed by atoms with Gasteiger partial charge in [-0.05, 0) is 105 Å². The molecule has 17 nitrogen and oxygen atoms in total. The second-order valence-corrected chi connectivity index (χ2v) is 21.3. The number of piperidine rings is 2. The summed E-state index contributed by atoms with van der Waals surface area (Å²) in [5.41, 5.74) is 1.84. The van der Waals surface area contributed by atoms with Crippen LogP contribution in [0.5, 0.6) is 0 Å². The number of aromatic carboxylic acids is 1. The monoisotopic (exact) mass is 1030 g/mol. The van der Waals surface area contributed by atoms with E-state index >= 15 is 0 Å². The quantitative estimate of drug-likeness (QED) is 0.0558. The number of nitrogens with one attached hydrogen (secondary N) is 5. The zero-order valence-electron chi connectivity index (χ0n) is 42.1. The van der Waals surface area contributed by atoms with Gasteiger partial charge in [-0.1, -0.05) is 77.4 Å². The molecule has 6 heterocycles. The first kappa shape index (κ1) is 54.8. The van der Waals surface area contributed by atoms with Gasteiger partial charge < -0.3 is 45.4 Å². The maximum Gasteiger partial charge on any atom is 0.335 e. The normalized spacial score (nSPS) is 15.8. The van der Waals surface area contributed by atoms with Crippen LogP contribution in [0.1, 0.15) is 121 Å². The van der Waals surface area contributed by atoms with E-state index in [4.69, 9.17) is 13.9 Å². The summed E-state index contributed by atoms with van der Waals surface area (Å²) in [4.78, 5) is 67.3. The Morgan fingerprint density at radius 1 is 0.671 bits per heavy atom. The number of likely N-dealkylation sites (tertiary alicyclic amines) is 1. The number of carbonyl (C=O) groups is 4. The molecular formula is C54H64N10O7S2. The maximum atomic E-state index is 13.0. The number of anilines is 4. The van der Waals surface area contributed by atoms with Gasteiger partial charge in [-0.2, -0.15) is 0 Å². The number of carboxylic acids is 1. The van der Waals surface area contributed by atoms with Gasteiger partial charge in [0.1, 0.15) is 11.5 Å². The Labute approximate surface area is 434 Å². The van der Waals surface area contributed by atoms with Crippen molar-refractivity contribution in [2.45, 2.75) is 90.1 Å². The van der Waals surface area contributed by atoms with Crippen LogP contribution in [0.4, 0.5) is 21.6 Å². The summed E-state index contributed by atoms with van der Waals surface area (Å²) in [6.45, 7) is 22.8. The van der Waals surface area contributed by atoms with Crippen LogP contribution in [-0.2, 0) is 20.4 Å². The van der Waals surface area contributed by atoms with E-state index in [0.717, 1.165) is 63.5 Å². The van der Waals surface area contributed by atoms with Gasteiger partial charge in [0.25, 0.3) is 5.91 Å². The molecule has 0 bridgehead atoms. The lowest BCUT2D eigenvalue weighted by atomic mass is 9.94. The number of hydrogen-bond acceptors (Lipinski definition) is 15. The van der Waals surface area contributed by atoms with E-state index in [0.29, 0.717) is 47.9 Å². The standard InChI is InChI=1S/C27H31N5O3S.C17H24N4OS.C10H9NO3/c1-5-23(33)30-19-10-8-18(9-11-19)25(34)32-14-6-7-20(17-32)31-26-29-15-21(36-26)12-13-24-28-16-22(35-24)27(2,3)4;1-17(2,3)14-11-19-15(22-14)7-6-13-10-20-16(23-13)21-12-5-4-8-18-9-12;1-2-9(12)11-8-5-3-7(4-6-8)10(13)14/h5,8-13,15-16,20H,1,6-7,14,17H2,2-4H3,(H,29,31)(H,30,33);6-7,10-12,18H,4-5,8-9H2,1-3H3,(H,20,21);2-6H,1H2,(H,11,12)(H,13,14)/b13-12+;7-6+;/t20-;12-;/m11./s1. The van der Waals surface area contributed by atoms with Gasteiger partial charge in [0.2, 0.25) is 23.6 Å². The highest BCUT2D eigenvalue weighted by Gasteiger charge is 2.26. The number of aromatic nitrogens is 4. The summed E-state index contributed by atoms with van der Waals surface area (Å²) in [6.07, 6.45) is 21.6. The van der Waals surface area contributed by atoms with Gasteiger partial charge in [0.15, 0.2) is 10.3 Å². The number of nitrogens with zero attached hydrogens (tertiary/aromatic N) is 5. The third-order valence-electron chi connectivity index (χ3n) is 11.2. The van der Waals surface area contributed by atoms with Crippen molar-refractivity contribution in [1.29, 1.82) is 0 Å². The summed E-state index contributed by atoms with van der Waals surface area (Å²) < 4.78 is 11.6. The molecule has 73 heavy (non-hydrogen) atoms. The first-order valence-corrected chi connectivity index (χ1v) is 25.5. The predicted octanol–water partition coefficient (Wildman–Crippen LogP) is 10.7. The van der Waals surface area contributed by atoms with Crippen molar-refractivity contribution in [1.82, 2.24) is 30.2 Å². The van der Waals surface area contributed by atoms with Crippen LogP contribution in [0, 0.1) is 0 Å². The highest BCUT2D eigenvalue weighted by Crippen LogP contribution is 2.28. The Bertz CT molecular complexity index is 2860. The fourth-order valence-corrected chi connectivity index (χ4v) is 8.75. The molecule has 3 amide bonds. The predicted molar refractivity (Wildman–Crippen MR) is 292 cm³/mol. The zero-order chi connectivity index (χ0) is 52.5. The number of carboxylic acid groups (broad SMARTS) is 1. The van der Waals surface area contributed by atoms with Crippen LogP contribution in [0.2, 0.25) is 0 Å². The highest BCUT2D eigenvalue weighted by molar-refractivity contribution is 7.16. The molecule has 384 valence electrons. The van der Waals surface area contributed by atoms with Crippen LogP contribution >= 0.6 is 22.7 Å². The first-order chi connectivity index (χ1) is 34.8. The molecule has 0 unspecified atom stereocenters. The molecule has 4 aromatic heterocycles. The Morgan fingerprint density at radius 2 is 1.15 bits per heavy atom. The first-order valence-electron chi connectivity index (χ1n) is 23.9. The average molecular weight is 1030 g/mol. The minimum absolute atomic E-state index is 0.0191. The Balaban J connectivity index is 0.000000200. The van der Waals surface area contributed by atoms with Gasteiger partial charge in [0.05, 0.1) is 18.0 Å². The molecule has 2 aliphatic rings. The van der Waals surface area contributed by atoms with Crippen LogP contribution in [0.25, 0.3) is 24.3 Å². The van der Waals surface area contributed by atoms with E-state index in [2.05, 4.69) is 101 Å². The molecule has 19 heteroatoms. The highest BCUT2D eigenvalue weighted by atomic mass is 32.1. The minimum Gasteiger partial charge on any atom is -0.478 e. The van der Waals surface area contributed by atoms with Gasteiger partial charge in [-0.3, -0.25) is 14.4 Å². The van der Waals surface area contributed by atoms with Crippen molar-refractivity contribution < 1.29 is 33.1 Å². The number of carbonyl (C=O) groups excluding carboxylic acids is 3. The number of amides is 3. The molecule has 2 aliphatic heterocycles. The molecular weight excluding hydrogens is 965 g/mol. The zero-order valence-corrected chi connectivity index (χ0v) is 43.7. The van der Waals surface area contributed by atoms with Gasteiger partial charge in [-0.25, -0.2) is 24.7 Å². The maximum absolute atomic E-state index is 13.0. The lowest BCUT2D eigenvalue weighted by Gasteiger charge is -2.33. The van der Waals surface area contributed by atoms with Crippen molar-refractivity contribution in [3.8, 4) is 0 Å². The van der Waals surface area contributed by atoms with Crippen molar-refractivity contribution in [3.63, 3.8) is 0 Å². The molecule has 2 aromatic carbocycles. The molecule has 8 rings (SSSR count). The molecule has 2 saturated heterocycles. The van der Waals surface area contributed by atoms with Crippen LogP contribution in [0.15, 0.2) is 107 Å². The van der Waals surface area contributed by atoms with Gasteiger partial charge >= 0.3 is 5.97 Å². The number of thiazole rings is 2. The number of hydrogen-bond donors (Lipinski definition) is 6. The molecule has 2 atom stereocenters. The van der Waals surface area contributed by atoms with E-state index in [1.165, 1.54) is 43.2 Å². The van der Waals surface area contributed by atoms with E-state index in [-0.39, 0.29) is 40.2 Å². The summed E-state index contributed by atoms with van der Waals surface area (Å²) in [5, 5.41) is 26.0.